The van der Waals surface area contributed by atoms with Crippen molar-refractivity contribution in [3.05, 3.63) is 53.6 Å². The van der Waals surface area contributed by atoms with Gasteiger partial charge in [-0.25, -0.2) is 0 Å². The monoisotopic (exact) mass is 403 g/mol. The molecule has 2 aromatic rings. The average molecular weight is 404 g/mol. The van der Waals surface area contributed by atoms with Crippen LogP contribution in [0.15, 0.2) is 42.5 Å². The van der Waals surface area contributed by atoms with E-state index >= 15 is 0 Å². The van der Waals surface area contributed by atoms with E-state index < -0.39 is 0 Å². The summed E-state index contributed by atoms with van der Waals surface area (Å²) in [6.45, 7) is 3.01. The largest absolute Gasteiger partial charge is 0.495 e. The number of nitrogen functional groups attached to an aromatic ring is 1. The Kier molecular flexibility index (Phi) is 7.29. The number of rotatable bonds is 4. The number of nitrogens with two attached hydrogens (primary N) is 1. The molecule has 2 amide bonds. The van der Waals surface area contributed by atoms with Gasteiger partial charge in [-0.15, -0.1) is 12.4 Å². The minimum atomic E-state index is -0.124. The van der Waals surface area contributed by atoms with Crippen molar-refractivity contribution in [1.29, 1.82) is 0 Å². The molecule has 3 rings (SSSR count). The fourth-order valence-corrected chi connectivity index (χ4v) is 3.37. The molecule has 1 fully saturated rings. The van der Waals surface area contributed by atoms with Gasteiger partial charge in [0.25, 0.3) is 5.91 Å². The van der Waals surface area contributed by atoms with Gasteiger partial charge in [0.05, 0.1) is 12.8 Å². The van der Waals surface area contributed by atoms with Crippen LogP contribution in [0.25, 0.3) is 0 Å². The minimum Gasteiger partial charge on any atom is -0.495 e. The number of methoxy groups -OCH3 is 1. The Balaban J connectivity index is 0.00000280. The Labute approximate surface area is 171 Å². The molecule has 0 aromatic heterocycles. The number of hydrogen-bond acceptors (Lipinski definition) is 4. The van der Waals surface area contributed by atoms with E-state index in [1.165, 1.54) is 0 Å². The second-order valence-electron chi connectivity index (χ2n) is 6.83. The number of halogens is 1. The maximum Gasteiger partial charge on any atom is 0.254 e. The first-order valence-corrected chi connectivity index (χ1v) is 9.09. The first-order valence-electron chi connectivity index (χ1n) is 9.09. The summed E-state index contributed by atoms with van der Waals surface area (Å²) in [4.78, 5) is 27.2. The lowest BCUT2D eigenvalue weighted by molar-refractivity contribution is -0.121. The van der Waals surface area contributed by atoms with E-state index in [9.17, 15) is 9.59 Å². The van der Waals surface area contributed by atoms with E-state index in [-0.39, 0.29) is 30.1 Å². The normalized spacial score (nSPS) is 14.1. The number of amides is 2. The fraction of sp³-hybridized carbons (Fsp3) is 0.333. The molecule has 3 N–H and O–H groups in total. The predicted molar refractivity (Wildman–Crippen MR) is 113 cm³/mol. The highest BCUT2D eigenvalue weighted by Crippen LogP contribution is 2.26. The summed E-state index contributed by atoms with van der Waals surface area (Å²) in [5.41, 5.74) is 8.60. The number of anilines is 2. The van der Waals surface area contributed by atoms with E-state index in [1.807, 2.05) is 37.3 Å². The van der Waals surface area contributed by atoms with Gasteiger partial charge in [-0.3, -0.25) is 9.59 Å². The summed E-state index contributed by atoms with van der Waals surface area (Å²) in [6, 6.07) is 12.7. The summed E-state index contributed by atoms with van der Waals surface area (Å²) in [7, 11) is 1.58. The third-order valence-electron chi connectivity index (χ3n) is 5.01. The molecular formula is C21H26ClN3O3. The van der Waals surface area contributed by atoms with Gasteiger partial charge in [-0.1, -0.05) is 18.2 Å². The van der Waals surface area contributed by atoms with E-state index in [4.69, 9.17) is 10.5 Å². The van der Waals surface area contributed by atoms with Gasteiger partial charge < -0.3 is 20.7 Å². The van der Waals surface area contributed by atoms with Crippen molar-refractivity contribution in [2.24, 2.45) is 5.92 Å². The fourth-order valence-electron chi connectivity index (χ4n) is 3.37. The molecule has 0 aliphatic carbocycles. The molecule has 150 valence electrons. The van der Waals surface area contributed by atoms with Crippen LogP contribution in [0.1, 0.15) is 28.8 Å². The number of carbonyl (C=O) groups is 2. The van der Waals surface area contributed by atoms with Gasteiger partial charge in [0.1, 0.15) is 5.75 Å². The lowest BCUT2D eigenvalue weighted by Crippen LogP contribution is -2.41. The number of hydrogen-bond donors (Lipinski definition) is 2. The van der Waals surface area contributed by atoms with Crippen molar-refractivity contribution in [2.75, 3.05) is 31.2 Å². The highest BCUT2D eigenvalue weighted by Gasteiger charge is 2.28. The Morgan fingerprint density at radius 1 is 1.14 bits per heavy atom. The van der Waals surface area contributed by atoms with Gasteiger partial charge in [-0.05, 0) is 49.6 Å². The second kappa shape index (κ2) is 9.46. The third kappa shape index (κ3) is 4.75. The van der Waals surface area contributed by atoms with Crippen LogP contribution in [-0.4, -0.2) is 36.9 Å². The van der Waals surface area contributed by atoms with Crippen LogP contribution in [0.2, 0.25) is 0 Å². The summed E-state index contributed by atoms with van der Waals surface area (Å²) >= 11 is 0. The molecule has 0 radical (unpaired) electrons. The van der Waals surface area contributed by atoms with Crippen molar-refractivity contribution in [3.8, 4) is 5.75 Å². The van der Waals surface area contributed by atoms with Gasteiger partial charge in [-0.2, -0.15) is 0 Å². The summed E-state index contributed by atoms with van der Waals surface area (Å²) in [5.74, 6) is 0.451. The molecule has 0 spiro atoms. The number of carbonyl (C=O) groups excluding carboxylic acids is 2. The summed E-state index contributed by atoms with van der Waals surface area (Å²) in [5, 5.41) is 2.94. The highest BCUT2D eigenvalue weighted by atomic mass is 35.5. The number of nitrogens with one attached hydrogen (secondary N) is 1. The van der Waals surface area contributed by atoms with Crippen LogP contribution in [0, 0.1) is 12.8 Å². The third-order valence-corrected chi connectivity index (χ3v) is 5.01. The SMILES string of the molecule is COc1ccccc1NC(=O)C1CCN(C(=O)c2cc(N)ccc2C)CC1.Cl. The highest BCUT2D eigenvalue weighted by molar-refractivity contribution is 5.97. The quantitative estimate of drug-likeness (QED) is 0.765. The number of benzene rings is 2. The topological polar surface area (TPSA) is 84.7 Å². The van der Waals surface area contributed by atoms with Crippen molar-refractivity contribution in [2.45, 2.75) is 19.8 Å². The van der Waals surface area contributed by atoms with Crippen LogP contribution in [0.5, 0.6) is 5.75 Å². The molecule has 1 aliphatic rings. The molecule has 6 nitrogen and oxygen atoms in total. The number of piperidine rings is 1. The molecule has 0 saturated carbocycles. The summed E-state index contributed by atoms with van der Waals surface area (Å²) in [6.07, 6.45) is 1.27. The number of nitrogens with zero attached hydrogens (tertiary/aromatic N) is 1. The predicted octanol–water partition coefficient (Wildman–Crippen LogP) is 3.50. The lowest BCUT2D eigenvalue weighted by Gasteiger charge is -2.32. The van der Waals surface area contributed by atoms with E-state index in [1.54, 1.807) is 24.1 Å². The molecule has 0 bridgehead atoms. The standard InChI is InChI=1S/C21H25N3O3.ClH/c1-14-7-8-16(22)13-17(14)21(26)24-11-9-15(10-12-24)20(25)23-18-5-3-4-6-19(18)27-2;/h3-8,13,15H,9-12,22H2,1-2H3,(H,23,25);1H. The zero-order valence-corrected chi connectivity index (χ0v) is 16.9. The first-order chi connectivity index (χ1) is 13.0. The lowest BCUT2D eigenvalue weighted by atomic mass is 9.95. The number of aryl methyl sites for hydroxylation is 1. The maximum atomic E-state index is 12.8. The molecule has 1 aliphatic heterocycles. The van der Waals surface area contributed by atoms with E-state index in [2.05, 4.69) is 5.32 Å². The smallest absolute Gasteiger partial charge is 0.254 e. The van der Waals surface area contributed by atoms with Gasteiger partial charge >= 0.3 is 0 Å². The molecule has 7 heteroatoms. The first kappa shape index (κ1) is 21.6. The van der Waals surface area contributed by atoms with Crippen molar-refractivity contribution in [3.63, 3.8) is 0 Å². The molecular weight excluding hydrogens is 378 g/mol. The molecule has 28 heavy (non-hydrogen) atoms. The van der Waals surface area contributed by atoms with Gasteiger partial charge in [0.15, 0.2) is 0 Å². The van der Waals surface area contributed by atoms with Crippen LogP contribution < -0.4 is 15.8 Å². The Morgan fingerprint density at radius 3 is 2.50 bits per heavy atom. The minimum absolute atomic E-state index is 0. The van der Waals surface area contributed by atoms with Crippen LogP contribution in [-0.2, 0) is 4.79 Å². The number of likely N-dealkylation sites (tertiary alicyclic amines) is 1. The van der Waals surface area contributed by atoms with Crippen LogP contribution in [0.4, 0.5) is 11.4 Å². The zero-order chi connectivity index (χ0) is 19.4. The van der Waals surface area contributed by atoms with Crippen molar-refractivity contribution in [1.82, 2.24) is 4.90 Å². The molecule has 2 aromatic carbocycles. The average Bonchev–Trinajstić information content (AvgIpc) is 2.69. The van der Waals surface area contributed by atoms with E-state index in [0.29, 0.717) is 48.6 Å². The Hall–Kier alpha value is -2.73. The molecule has 0 atom stereocenters. The molecule has 1 heterocycles. The molecule has 1 saturated heterocycles. The Morgan fingerprint density at radius 2 is 1.82 bits per heavy atom. The number of ether oxygens (including phenoxy) is 1. The van der Waals surface area contributed by atoms with Crippen molar-refractivity contribution >= 4 is 35.6 Å². The number of para-hydroxylation sites is 2. The second-order valence-corrected chi connectivity index (χ2v) is 6.83. The van der Waals surface area contributed by atoms with Gasteiger partial charge in [0, 0.05) is 30.3 Å². The van der Waals surface area contributed by atoms with E-state index in [0.717, 1.165) is 5.56 Å². The zero-order valence-electron chi connectivity index (χ0n) is 16.1. The maximum absolute atomic E-state index is 12.8. The van der Waals surface area contributed by atoms with Crippen molar-refractivity contribution < 1.29 is 14.3 Å². The Bertz CT molecular complexity index is 849. The molecule has 0 unspecified atom stereocenters. The van der Waals surface area contributed by atoms with Crippen LogP contribution >= 0.6 is 12.4 Å². The summed E-state index contributed by atoms with van der Waals surface area (Å²) < 4.78 is 5.27. The van der Waals surface area contributed by atoms with Gasteiger partial charge in [0.2, 0.25) is 5.91 Å². The van der Waals surface area contributed by atoms with Crippen LogP contribution in [0.3, 0.4) is 0 Å².